The van der Waals surface area contributed by atoms with Gasteiger partial charge in [-0.25, -0.2) is 16.8 Å². The second-order valence-corrected chi connectivity index (χ2v) is 18.0. The van der Waals surface area contributed by atoms with Gasteiger partial charge in [-0.15, -0.1) is 11.8 Å². The van der Waals surface area contributed by atoms with Crippen LogP contribution in [0.25, 0.3) is 0 Å². The van der Waals surface area contributed by atoms with Gasteiger partial charge in [0.25, 0.3) is 0 Å². The van der Waals surface area contributed by atoms with Gasteiger partial charge in [-0.3, -0.25) is 9.59 Å². The van der Waals surface area contributed by atoms with Crippen molar-refractivity contribution in [2.24, 2.45) is 10.3 Å². The fourth-order valence-corrected chi connectivity index (χ4v) is 7.43. The first kappa shape index (κ1) is 39.1. The number of rotatable bonds is 14. The lowest BCUT2D eigenvalue weighted by Gasteiger charge is -2.27. The van der Waals surface area contributed by atoms with E-state index in [0.717, 1.165) is 41.7 Å². The molecular formula is C37H42N2O10S2. The molecule has 4 rings (SSSR count). The lowest BCUT2D eigenvalue weighted by Crippen LogP contribution is -2.47. The minimum atomic E-state index is -3.94. The number of sulfone groups is 2. The van der Waals surface area contributed by atoms with Crippen LogP contribution in [-0.2, 0) is 50.1 Å². The number of oxime groups is 2. The lowest BCUT2D eigenvalue weighted by atomic mass is 9.94. The van der Waals surface area contributed by atoms with E-state index in [1.807, 2.05) is 36.4 Å². The highest BCUT2D eigenvalue weighted by Gasteiger charge is 2.49. The first-order chi connectivity index (χ1) is 23.9. The Balaban J connectivity index is 1.38. The van der Waals surface area contributed by atoms with Gasteiger partial charge in [0.05, 0.1) is 18.0 Å². The molecule has 0 aromatic heterocycles. The van der Waals surface area contributed by atoms with Gasteiger partial charge in [-0.1, -0.05) is 40.4 Å². The van der Waals surface area contributed by atoms with Crippen molar-refractivity contribution >= 4 is 43.0 Å². The van der Waals surface area contributed by atoms with E-state index in [2.05, 4.69) is 34.0 Å². The Bertz CT molecular complexity index is 2080. The molecular weight excluding hydrogens is 697 g/mol. The van der Waals surface area contributed by atoms with Crippen molar-refractivity contribution in [3.63, 3.8) is 0 Å². The van der Waals surface area contributed by atoms with E-state index in [1.165, 1.54) is 6.92 Å². The number of carbonyl (C=O) groups excluding carboxylic acids is 1. The van der Waals surface area contributed by atoms with Gasteiger partial charge in [0.2, 0.25) is 0 Å². The summed E-state index contributed by atoms with van der Waals surface area (Å²) in [6.07, 6.45) is 1.38. The maximum absolute atomic E-state index is 13.4. The minimum absolute atomic E-state index is 0.0567. The number of hydrogen-bond donors (Lipinski definition) is 1. The average Bonchev–Trinajstić information content (AvgIpc) is 3.73. The van der Waals surface area contributed by atoms with E-state index in [9.17, 15) is 31.5 Å². The summed E-state index contributed by atoms with van der Waals surface area (Å²) in [7, 11) is -7.86. The Morgan fingerprint density at radius 3 is 1.90 bits per heavy atom. The highest BCUT2D eigenvalue weighted by atomic mass is 32.2. The highest BCUT2D eigenvalue weighted by Crippen LogP contribution is 2.32. The summed E-state index contributed by atoms with van der Waals surface area (Å²) in [6, 6.07) is 12.9. The van der Waals surface area contributed by atoms with Gasteiger partial charge in [-0.2, -0.15) is 0 Å². The van der Waals surface area contributed by atoms with E-state index in [0.29, 0.717) is 36.2 Å². The van der Waals surface area contributed by atoms with E-state index in [-0.39, 0.29) is 25.9 Å². The SMILES string of the molecule is CC#Cc1ccc(C2=NOC(C[C@](C)(C(=O)OCCCc3cc(C4=NOC(C[C@](C)(C(=O)O)S(C)(=O)=O)C4)ccc3C#CC)S(C)(=O)=O)C2)cc1. The Labute approximate surface area is 299 Å². The van der Waals surface area contributed by atoms with Gasteiger partial charge in [0.15, 0.2) is 29.2 Å². The summed E-state index contributed by atoms with van der Waals surface area (Å²) in [4.78, 5) is 36.2. The van der Waals surface area contributed by atoms with Crippen LogP contribution in [0, 0.1) is 23.7 Å². The Morgan fingerprint density at radius 2 is 1.37 bits per heavy atom. The van der Waals surface area contributed by atoms with Crippen LogP contribution >= 0.6 is 0 Å². The molecule has 0 fully saturated rings. The molecule has 0 bridgehead atoms. The molecule has 12 nitrogen and oxygen atoms in total. The van der Waals surface area contributed by atoms with Gasteiger partial charge >= 0.3 is 11.9 Å². The van der Waals surface area contributed by atoms with Gasteiger partial charge in [-0.05, 0) is 81.5 Å². The fourth-order valence-electron chi connectivity index (χ4n) is 5.78. The van der Waals surface area contributed by atoms with Gasteiger partial charge < -0.3 is 19.5 Å². The minimum Gasteiger partial charge on any atom is -0.480 e. The van der Waals surface area contributed by atoms with E-state index >= 15 is 0 Å². The van der Waals surface area contributed by atoms with Crippen molar-refractivity contribution in [1.82, 2.24) is 0 Å². The molecule has 2 aromatic rings. The number of carbonyl (C=O) groups is 2. The number of hydrogen-bond acceptors (Lipinski definition) is 11. The molecule has 2 unspecified atom stereocenters. The van der Waals surface area contributed by atoms with Crippen molar-refractivity contribution in [3.05, 3.63) is 70.3 Å². The zero-order valence-corrected chi connectivity index (χ0v) is 31.1. The van der Waals surface area contributed by atoms with Crippen molar-refractivity contribution in [1.29, 1.82) is 0 Å². The molecule has 0 amide bonds. The first-order valence-electron chi connectivity index (χ1n) is 16.3. The number of carboxylic acids is 1. The summed E-state index contributed by atoms with van der Waals surface area (Å²) in [5, 5.41) is 17.9. The molecule has 51 heavy (non-hydrogen) atoms. The molecule has 2 aliphatic heterocycles. The summed E-state index contributed by atoms with van der Waals surface area (Å²) in [6.45, 7) is 5.90. The molecule has 0 saturated heterocycles. The largest absolute Gasteiger partial charge is 0.480 e. The Morgan fingerprint density at radius 1 is 0.843 bits per heavy atom. The number of aryl methyl sites for hydroxylation is 1. The molecule has 0 saturated carbocycles. The second-order valence-electron chi connectivity index (χ2n) is 13.1. The summed E-state index contributed by atoms with van der Waals surface area (Å²) < 4.78 is 52.0. The Kier molecular flexibility index (Phi) is 12.0. The summed E-state index contributed by atoms with van der Waals surface area (Å²) in [5.74, 6) is 9.41. The van der Waals surface area contributed by atoms with Gasteiger partial charge in [0, 0.05) is 49.3 Å². The third kappa shape index (κ3) is 8.99. The first-order valence-corrected chi connectivity index (χ1v) is 20.0. The molecule has 2 heterocycles. The van der Waals surface area contributed by atoms with Crippen molar-refractivity contribution in [3.8, 4) is 23.7 Å². The number of aliphatic carboxylic acids is 1. The fraction of sp³-hybridized carbons (Fsp3) is 0.459. The third-order valence-electron chi connectivity index (χ3n) is 9.23. The maximum Gasteiger partial charge on any atom is 0.327 e. The molecule has 0 aliphatic carbocycles. The number of nitrogens with zero attached hydrogens (tertiary/aromatic N) is 2. The Hall–Kier alpha value is -4.66. The zero-order chi connectivity index (χ0) is 37.6. The molecule has 2 aromatic carbocycles. The predicted molar refractivity (Wildman–Crippen MR) is 193 cm³/mol. The van der Waals surface area contributed by atoms with Crippen LogP contribution in [-0.4, -0.2) is 86.1 Å². The zero-order valence-electron chi connectivity index (χ0n) is 29.5. The number of ether oxygens (including phenoxy) is 1. The molecule has 4 atom stereocenters. The monoisotopic (exact) mass is 738 g/mol. The molecule has 0 spiro atoms. The van der Waals surface area contributed by atoms with Gasteiger partial charge in [0.1, 0.15) is 12.2 Å². The molecule has 0 radical (unpaired) electrons. The number of benzene rings is 2. The second kappa shape index (κ2) is 15.7. The normalized spacial score (nSPS) is 19.3. The van der Waals surface area contributed by atoms with Crippen molar-refractivity contribution < 1.29 is 45.9 Å². The molecule has 272 valence electrons. The average molecular weight is 739 g/mol. The summed E-state index contributed by atoms with van der Waals surface area (Å²) in [5.41, 5.74) is 5.09. The topological polar surface area (TPSA) is 175 Å². The summed E-state index contributed by atoms with van der Waals surface area (Å²) >= 11 is 0. The predicted octanol–water partition coefficient (Wildman–Crippen LogP) is 4.06. The lowest BCUT2D eigenvalue weighted by molar-refractivity contribution is -0.147. The van der Waals surface area contributed by atoms with Crippen LogP contribution in [0.5, 0.6) is 0 Å². The number of carboxylic acid groups (broad SMARTS) is 1. The number of esters is 1. The standard InChI is InChI=1S/C37H42N2O10S2/c1-7-10-25-13-15-27(16-14-25)32-21-31(49-38-32)24-37(4,51(6,45)46)35(42)47-19-9-12-28-20-29(18-17-26(28)11-8-2)33-22-30(48-39-33)23-36(3,34(40)41)50(5,43)44/h13-18,20,30-31H,9,12,19,21-24H2,1-6H3,(H,40,41)/t30?,31?,36-,37-/m1/s1. The quantitative estimate of drug-likeness (QED) is 0.169. The van der Waals surface area contributed by atoms with Crippen molar-refractivity contribution in [2.45, 2.75) is 87.9 Å². The van der Waals surface area contributed by atoms with Crippen LogP contribution in [0.1, 0.15) is 87.6 Å². The molecule has 2 aliphatic rings. The maximum atomic E-state index is 13.4. The van der Waals surface area contributed by atoms with Crippen LogP contribution in [0.3, 0.4) is 0 Å². The van der Waals surface area contributed by atoms with E-state index in [1.54, 1.807) is 19.9 Å². The third-order valence-corrected chi connectivity index (χ3v) is 13.2. The van der Waals surface area contributed by atoms with Crippen LogP contribution in [0.2, 0.25) is 0 Å². The van der Waals surface area contributed by atoms with Crippen LogP contribution < -0.4 is 0 Å². The highest BCUT2D eigenvalue weighted by molar-refractivity contribution is 7.93. The smallest absolute Gasteiger partial charge is 0.327 e. The van der Waals surface area contributed by atoms with Crippen LogP contribution in [0.4, 0.5) is 0 Å². The van der Waals surface area contributed by atoms with Crippen LogP contribution in [0.15, 0.2) is 52.8 Å². The molecule has 1 N–H and O–H groups in total. The van der Waals surface area contributed by atoms with E-state index < -0.39 is 53.3 Å². The van der Waals surface area contributed by atoms with E-state index in [4.69, 9.17) is 14.4 Å². The van der Waals surface area contributed by atoms with Crippen molar-refractivity contribution in [2.75, 3.05) is 19.1 Å². The molecule has 14 heteroatoms.